The number of carbonyl (C=O) groups is 1. The van der Waals surface area contributed by atoms with E-state index in [1.54, 1.807) is 12.1 Å². The van der Waals surface area contributed by atoms with Gasteiger partial charge in [0.05, 0.1) is 16.5 Å². The van der Waals surface area contributed by atoms with Crippen molar-refractivity contribution in [1.29, 1.82) is 0 Å². The lowest BCUT2D eigenvalue weighted by Crippen LogP contribution is -2.45. The predicted octanol–water partition coefficient (Wildman–Crippen LogP) is 3.70. The Balaban J connectivity index is 1.74. The number of benzene rings is 2. The van der Waals surface area contributed by atoms with Crippen LogP contribution >= 0.6 is 0 Å². The van der Waals surface area contributed by atoms with Crippen molar-refractivity contribution in [3.8, 4) is 0 Å². The van der Waals surface area contributed by atoms with Crippen LogP contribution in [0.4, 0.5) is 13.2 Å². The largest absolute Gasteiger partial charge is 0.460 e. The number of rotatable bonds is 3. The molecule has 0 N–H and O–H groups in total. The fraction of sp³-hybridized carbons (Fsp3) is 0.350. The van der Waals surface area contributed by atoms with Crippen LogP contribution in [-0.4, -0.2) is 31.3 Å². The number of nitrogens with zero attached hydrogens (tertiary/aromatic N) is 1. The van der Waals surface area contributed by atoms with Crippen molar-refractivity contribution in [2.24, 2.45) is 0 Å². The van der Waals surface area contributed by atoms with Crippen LogP contribution in [0.2, 0.25) is 0 Å². The van der Waals surface area contributed by atoms with E-state index in [2.05, 4.69) is 0 Å². The van der Waals surface area contributed by atoms with Crippen molar-refractivity contribution in [2.45, 2.75) is 42.5 Å². The summed E-state index contributed by atoms with van der Waals surface area (Å²) in [6.07, 6.45) is -4.12. The molecule has 154 valence electrons. The Bertz CT molecular complexity index is 1030. The molecule has 0 aliphatic carbocycles. The van der Waals surface area contributed by atoms with Crippen LogP contribution in [-0.2, 0) is 32.2 Å². The van der Waals surface area contributed by atoms with Gasteiger partial charge in [0.2, 0.25) is 10.0 Å². The van der Waals surface area contributed by atoms with Gasteiger partial charge in [0.15, 0.2) is 0 Å². The number of ether oxygens (including phenoxy) is 1. The van der Waals surface area contributed by atoms with Gasteiger partial charge in [0.25, 0.3) is 0 Å². The number of hydrogen-bond donors (Lipinski definition) is 0. The molecule has 2 atom stereocenters. The van der Waals surface area contributed by atoms with Gasteiger partial charge in [-0.25, -0.2) is 8.42 Å². The average Bonchev–Trinajstić information content (AvgIpc) is 3.12. The smallest absolute Gasteiger partial charge is 0.416 e. The van der Waals surface area contributed by atoms with Gasteiger partial charge in [0, 0.05) is 13.0 Å². The summed E-state index contributed by atoms with van der Waals surface area (Å²) in [6, 6.07) is 10.1. The molecule has 29 heavy (non-hydrogen) atoms. The van der Waals surface area contributed by atoms with E-state index in [1.807, 2.05) is 12.1 Å². The first kappa shape index (κ1) is 19.9. The van der Waals surface area contributed by atoms with Gasteiger partial charge in [-0.3, -0.25) is 4.79 Å². The van der Waals surface area contributed by atoms with Crippen molar-refractivity contribution in [3.63, 3.8) is 0 Å². The molecule has 0 amide bonds. The zero-order valence-electron chi connectivity index (χ0n) is 15.2. The van der Waals surface area contributed by atoms with Crippen LogP contribution in [0, 0.1) is 0 Å². The number of sulfonamides is 1. The first-order valence-corrected chi connectivity index (χ1v) is 10.6. The predicted molar refractivity (Wildman–Crippen MR) is 97.3 cm³/mol. The molecular weight excluding hydrogens is 407 g/mol. The highest BCUT2D eigenvalue weighted by Crippen LogP contribution is 2.40. The Morgan fingerprint density at radius 3 is 2.31 bits per heavy atom. The van der Waals surface area contributed by atoms with Crippen LogP contribution in [0.15, 0.2) is 53.4 Å². The Morgan fingerprint density at radius 2 is 1.69 bits per heavy atom. The fourth-order valence-corrected chi connectivity index (χ4v) is 5.58. The lowest BCUT2D eigenvalue weighted by Gasteiger charge is -2.38. The molecule has 0 saturated carbocycles. The van der Waals surface area contributed by atoms with E-state index in [0.29, 0.717) is 12.8 Å². The highest BCUT2D eigenvalue weighted by Gasteiger charge is 2.44. The molecule has 0 unspecified atom stereocenters. The molecular formula is C20H18F3NO4S. The van der Waals surface area contributed by atoms with Crippen molar-refractivity contribution in [3.05, 3.63) is 65.2 Å². The third kappa shape index (κ3) is 3.64. The molecule has 1 saturated heterocycles. The summed E-state index contributed by atoms with van der Waals surface area (Å²) in [4.78, 5) is 11.4. The Hall–Kier alpha value is -2.39. The summed E-state index contributed by atoms with van der Waals surface area (Å²) in [5.74, 6) is -0.384. The topological polar surface area (TPSA) is 63.7 Å². The summed E-state index contributed by atoms with van der Waals surface area (Å²) in [7, 11) is -4.10. The molecule has 0 aromatic heterocycles. The number of alkyl halides is 3. The standard InChI is InChI=1S/C20H18F3NO4S/c21-20(22,23)14-5-7-15(8-6-14)29(26,27)24-12-11-13-3-1-2-4-16(13)19(24)17-9-10-18(25)28-17/h1-8,17,19H,9-12H2/t17-,19-/m1/s1. The van der Waals surface area contributed by atoms with Crippen molar-refractivity contribution < 1.29 is 31.1 Å². The minimum atomic E-state index is -4.55. The molecule has 0 radical (unpaired) electrons. The molecule has 0 spiro atoms. The van der Waals surface area contributed by atoms with Crippen LogP contribution in [0.1, 0.15) is 35.6 Å². The molecule has 9 heteroatoms. The summed E-state index contributed by atoms with van der Waals surface area (Å²) < 4.78 is 71.8. The second-order valence-electron chi connectivity index (χ2n) is 7.10. The number of carbonyl (C=O) groups excluding carboxylic acids is 1. The maximum absolute atomic E-state index is 13.3. The second kappa shape index (κ2) is 7.14. The summed E-state index contributed by atoms with van der Waals surface area (Å²) >= 11 is 0. The zero-order valence-corrected chi connectivity index (χ0v) is 16.0. The van der Waals surface area contributed by atoms with E-state index in [9.17, 15) is 26.4 Å². The summed E-state index contributed by atoms with van der Waals surface area (Å²) in [5, 5.41) is 0. The first-order chi connectivity index (χ1) is 13.7. The molecule has 5 nitrogen and oxygen atoms in total. The average molecular weight is 425 g/mol. The maximum atomic E-state index is 13.3. The number of fused-ring (bicyclic) bond motifs is 1. The van der Waals surface area contributed by atoms with Crippen molar-refractivity contribution >= 4 is 16.0 Å². The van der Waals surface area contributed by atoms with E-state index in [0.717, 1.165) is 35.4 Å². The van der Waals surface area contributed by atoms with Gasteiger partial charge in [-0.05, 0) is 48.2 Å². The molecule has 1 fully saturated rings. The Kier molecular flexibility index (Phi) is 4.90. The molecule has 2 aliphatic rings. The monoisotopic (exact) mass is 425 g/mol. The lowest BCUT2D eigenvalue weighted by molar-refractivity contribution is -0.143. The van der Waals surface area contributed by atoms with E-state index >= 15 is 0 Å². The van der Waals surface area contributed by atoms with Crippen LogP contribution < -0.4 is 0 Å². The third-order valence-corrected chi connectivity index (χ3v) is 7.24. The SMILES string of the molecule is O=C1CC[C@H]([C@H]2c3ccccc3CCN2S(=O)(=O)c2ccc(C(F)(F)F)cc2)O1. The van der Waals surface area contributed by atoms with E-state index in [4.69, 9.17) is 4.74 Å². The number of halogens is 3. The van der Waals surface area contributed by atoms with E-state index in [-0.39, 0.29) is 23.8 Å². The number of hydrogen-bond acceptors (Lipinski definition) is 4. The van der Waals surface area contributed by atoms with Gasteiger partial charge < -0.3 is 4.74 Å². The maximum Gasteiger partial charge on any atom is 0.416 e. The molecule has 0 bridgehead atoms. The Labute approximate surface area is 166 Å². The van der Waals surface area contributed by atoms with Crippen molar-refractivity contribution in [2.75, 3.05) is 6.54 Å². The highest BCUT2D eigenvalue weighted by molar-refractivity contribution is 7.89. The van der Waals surface area contributed by atoms with Gasteiger partial charge in [-0.15, -0.1) is 0 Å². The third-order valence-electron chi connectivity index (χ3n) is 5.34. The number of cyclic esters (lactones) is 1. The fourth-order valence-electron chi connectivity index (χ4n) is 3.95. The summed E-state index contributed by atoms with van der Waals surface area (Å²) in [6.45, 7) is 0.152. The molecule has 2 heterocycles. The van der Waals surface area contributed by atoms with Crippen LogP contribution in [0.25, 0.3) is 0 Å². The molecule has 2 aromatic rings. The second-order valence-corrected chi connectivity index (χ2v) is 8.99. The first-order valence-electron chi connectivity index (χ1n) is 9.14. The van der Waals surface area contributed by atoms with Crippen LogP contribution in [0.3, 0.4) is 0 Å². The lowest BCUT2D eigenvalue weighted by atomic mass is 9.90. The van der Waals surface area contributed by atoms with Crippen molar-refractivity contribution in [1.82, 2.24) is 4.31 Å². The zero-order chi connectivity index (χ0) is 20.8. The molecule has 2 aliphatic heterocycles. The summed E-state index contributed by atoms with van der Waals surface area (Å²) in [5.41, 5.74) is 0.815. The van der Waals surface area contributed by atoms with Gasteiger partial charge in [0.1, 0.15) is 6.10 Å². The normalized spacial score (nSPS) is 22.9. The number of esters is 1. The van der Waals surface area contributed by atoms with E-state index < -0.39 is 33.9 Å². The quantitative estimate of drug-likeness (QED) is 0.704. The molecule has 2 aromatic carbocycles. The van der Waals surface area contributed by atoms with Gasteiger partial charge >= 0.3 is 12.1 Å². The van der Waals surface area contributed by atoms with Gasteiger partial charge in [-0.1, -0.05) is 24.3 Å². The van der Waals surface area contributed by atoms with E-state index in [1.165, 1.54) is 4.31 Å². The minimum absolute atomic E-state index is 0.152. The van der Waals surface area contributed by atoms with Gasteiger partial charge in [-0.2, -0.15) is 17.5 Å². The molecule has 4 rings (SSSR count). The minimum Gasteiger partial charge on any atom is -0.460 e. The van der Waals surface area contributed by atoms with Crippen LogP contribution in [0.5, 0.6) is 0 Å². The Morgan fingerprint density at radius 1 is 1.00 bits per heavy atom. The highest BCUT2D eigenvalue weighted by atomic mass is 32.2.